The molecule has 2 aromatic carbocycles. The molecule has 1 aromatic heterocycles. The first kappa shape index (κ1) is 13.3. The van der Waals surface area contributed by atoms with Crippen LogP contribution in [0.25, 0.3) is 10.9 Å². The van der Waals surface area contributed by atoms with Crippen molar-refractivity contribution in [3.63, 3.8) is 0 Å². The molecule has 0 radical (unpaired) electrons. The number of hydrogen-bond donors (Lipinski definition) is 1. The highest BCUT2D eigenvalue weighted by Crippen LogP contribution is 2.20. The summed E-state index contributed by atoms with van der Waals surface area (Å²) in [5.41, 5.74) is 2.21. The molecule has 0 aliphatic heterocycles. The van der Waals surface area contributed by atoms with E-state index in [-0.39, 0.29) is 6.04 Å². The van der Waals surface area contributed by atoms with Crippen molar-refractivity contribution in [2.75, 3.05) is 5.32 Å². The zero-order chi connectivity index (χ0) is 14.5. The highest BCUT2D eigenvalue weighted by molar-refractivity contribution is 5.88. The molecule has 1 unspecified atom stereocenters. The van der Waals surface area contributed by atoms with Crippen LogP contribution in [0.1, 0.15) is 5.56 Å². The Kier molecular flexibility index (Phi) is 3.92. The molecule has 3 heteroatoms. The Hall–Kier alpha value is -2.68. The fourth-order valence-electron chi connectivity index (χ4n) is 2.36. The van der Waals surface area contributed by atoms with Gasteiger partial charge in [-0.25, -0.2) is 9.97 Å². The van der Waals surface area contributed by atoms with E-state index in [1.165, 1.54) is 5.56 Å². The van der Waals surface area contributed by atoms with Crippen LogP contribution in [0.3, 0.4) is 0 Å². The van der Waals surface area contributed by atoms with Crippen LogP contribution < -0.4 is 5.32 Å². The Bertz CT molecular complexity index is 732. The van der Waals surface area contributed by atoms with Gasteiger partial charge in [0.25, 0.3) is 0 Å². The van der Waals surface area contributed by atoms with Gasteiger partial charge >= 0.3 is 0 Å². The maximum absolute atomic E-state index is 4.37. The molecule has 0 saturated carbocycles. The lowest BCUT2D eigenvalue weighted by Crippen LogP contribution is -2.20. The van der Waals surface area contributed by atoms with Gasteiger partial charge in [0.2, 0.25) is 0 Å². The molecule has 0 saturated heterocycles. The van der Waals surface area contributed by atoms with Gasteiger partial charge in [0.05, 0.1) is 5.52 Å². The van der Waals surface area contributed by atoms with Gasteiger partial charge in [-0.15, -0.1) is 6.58 Å². The van der Waals surface area contributed by atoms with Crippen LogP contribution in [0, 0.1) is 0 Å². The largest absolute Gasteiger partial charge is 0.363 e. The lowest BCUT2D eigenvalue weighted by atomic mass is 10.1. The fraction of sp³-hybridized carbons (Fsp3) is 0.111. The van der Waals surface area contributed by atoms with Crippen molar-refractivity contribution in [2.45, 2.75) is 12.5 Å². The molecule has 0 fully saturated rings. The van der Waals surface area contributed by atoms with E-state index < -0.39 is 0 Å². The third-order valence-electron chi connectivity index (χ3n) is 3.45. The summed E-state index contributed by atoms with van der Waals surface area (Å²) in [7, 11) is 0. The van der Waals surface area contributed by atoms with Crippen LogP contribution in [0.15, 0.2) is 73.6 Å². The summed E-state index contributed by atoms with van der Waals surface area (Å²) in [6, 6.07) is 18.5. The smallest absolute Gasteiger partial charge is 0.137 e. The SMILES string of the molecule is C=CC(Cc1ccccc1)Nc1ncnc2ccccc12. The molecule has 0 aliphatic carbocycles. The topological polar surface area (TPSA) is 37.8 Å². The Balaban J connectivity index is 1.84. The molecule has 0 spiro atoms. The summed E-state index contributed by atoms with van der Waals surface area (Å²) >= 11 is 0. The Labute approximate surface area is 124 Å². The monoisotopic (exact) mass is 275 g/mol. The second-order valence-corrected chi connectivity index (χ2v) is 4.92. The van der Waals surface area contributed by atoms with E-state index in [0.29, 0.717) is 0 Å². The zero-order valence-corrected chi connectivity index (χ0v) is 11.7. The van der Waals surface area contributed by atoms with Crippen LogP contribution in [0.2, 0.25) is 0 Å². The first-order chi connectivity index (χ1) is 10.4. The molecule has 1 N–H and O–H groups in total. The van der Waals surface area contributed by atoms with Crippen molar-refractivity contribution in [1.82, 2.24) is 9.97 Å². The van der Waals surface area contributed by atoms with E-state index >= 15 is 0 Å². The highest BCUT2D eigenvalue weighted by Gasteiger charge is 2.09. The minimum absolute atomic E-state index is 0.130. The van der Waals surface area contributed by atoms with Gasteiger partial charge in [-0.2, -0.15) is 0 Å². The van der Waals surface area contributed by atoms with Crippen molar-refractivity contribution in [3.05, 3.63) is 79.1 Å². The molecule has 21 heavy (non-hydrogen) atoms. The van der Waals surface area contributed by atoms with E-state index in [1.807, 2.05) is 36.4 Å². The third-order valence-corrected chi connectivity index (χ3v) is 3.45. The number of benzene rings is 2. The number of fused-ring (bicyclic) bond motifs is 1. The molecule has 1 atom stereocenters. The summed E-state index contributed by atoms with van der Waals surface area (Å²) in [6.07, 6.45) is 4.39. The lowest BCUT2D eigenvalue weighted by Gasteiger charge is -2.16. The zero-order valence-electron chi connectivity index (χ0n) is 11.7. The van der Waals surface area contributed by atoms with Gasteiger partial charge in [-0.05, 0) is 24.1 Å². The van der Waals surface area contributed by atoms with E-state index in [2.05, 4.69) is 46.1 Å². The number of nitrogens with zero attached hydrogens (tertiary/aromatic N) is 2. The van der Waals surface area contributed by atoms with Gasteiger partial charge in [0, 0.05) is 11.4 Å². The van der Waals surface area contributed by atoms with Gasteiger partial charge in [-0.3, -0.25) is 0 Å². The molecular weight excluding hydrogens is 258 g/mol. The number of para-hydroxylation sites is 1. The predicted octanol–water partition coefficient (Wildman–Crippen LogP) is 3.84. The standard InChI is InChI=1S/C18H17N3/c1-2-15(12-14-8-4-3-5-9-14)21-18-16-10-6-7-11-17(16)19-13-20-18/h2-11,13,15H,1,12H2,(H,19,20,21). The van der Waals surface area contributed by atoms with Crippen molar-refractivity contribution in [2.24, 2.45) is 0 Å². The number of rotatable bonds is 5. The maximum Gasteiger partial charge on any atom is 0.137 e. The Morgan fingerprint density at radius 3 is 2.57 bits per heavy atom. The normalized spacial score (nSPS) is 12.0. The van der Waals surface area contributed by atoms with Gasteiger partial charge in [-0.1, -0.05) is 48.5 Å². The molecule has 3 nitrogen and oxygen atoms in total. The minimum Gasteiger partial charge on any atom is -0.363 e. The Morgan fingerprint density at radius 2 is 1.76 bits per heavy atom. The van der Waals surface area contributed by atoms with E-state index in [0.717, 1.165) is 23.1 Å². The summed E-state index contributed by atoms with van der Waals surface area (Å²) in [5, 5.41) is 4.48. The third kappa shape index (κ3) is 3.08. The first-order valence-electron chi connectivity index (χ1n) is 6.99. The molecular formula is C18H17N3. The van der Waals surface area contributed by atoms with Crippen molar-refractivity contribution < 1.29 is 0 Å². The number of aromatic nitrogens is 2. The van der Waals surface area contributed by atoms with Crippen LogP contribution >= 0.6 is 0 Å². The van der Waals surface area contributed by atoms with E-state index in [4.69, 9.17) is 0 Å². The molecule has 3 rings (SSSR count). The minimum atomic E-state index is 0.130. The van der Waals surface area contributed by atoms with Crippen molar-refractivity contribution in [3.8, 4) is 0 Å². The van der Waals surface area contributed by atoms with E-state index in [1.54, 1.807) is 6.33 Å². The quantitative estimate of drug-likeness (QED) is 0.719. The average Bonchev–Trinajstić information content (AvgIpc) is 2.55. The second-order valence-electron chi connectivity index (χ2n) is 4.92. The predicted molar refractivity (Wildman–Crippen MR) is 87.3 cm³/mol. The fourth-order valence-corrected chi connectivity index (χ4v) is 2.36. The average molecular weight is 275 g/mol. The number of anilines is 1. The second kappa shape index (κ2) is 6.18. The summed E-state index contributed by atoms with van der Waals surface area (Å²) in [6.45, 7) is 3.93. The Morgan fingerprint density at radius 1 is 1.00 bits per heavy atom. The highest BCUT2D eigenvalue weighted by atomic mass is 15.0. The molecule has 0 aliphatic rings. The summed E-state index contributed by atoms with van der Waals surface area (Å²) < 4.78 is 0. The van der Waals surface area contributed by atoms with Crippen molar-refractivity contribution >= 4 is 16.7 Å². The van der Waals surface area contributed by atoms with Gasteiger partial charge in [0.15, 0.2) is 0 Å². The molecule has 1 heterocycles. The lowest BCUT2D eigenvalue weighted by molar-refractivity contribution is 0.860. The van der Waals surface area contributed by atoms with Crippen LogP contribution in [0.5, 0.6) is 0 Å². The first-order valence-corrected chi connectivity index (χ1v) is 6.99. The summed E-state index contributed by atoms with van der Waals surface area (Å²) in [4.78, 5) is 8.65. The number of nitrogens with one attached hydrogen (secondary N) is 1. The molecule has 0 amide bonds. The van der Waals surface area contributed by atoms with Crippen LogP contribution in [-0.4, -0.2) is 16.0 Å². The van der Waals surface area contributed by atoms with Crippen LogP contribution in [-0.2, 0) is 6.42 Å². The van der Waals surface area contributed by atoms with Gasteiger partial charge < -0.3 is 5.32 Å². The molecule has 0 bridgehead atoms. The molecule has 104 valence electrons. The molecule has 3 aromatic rings. The van der Waals surface area contributed by atoms with Crippen molar-refractivity contribution in [1.29, 1.82) is 0 Å². The number of hydrogen-bond acceptors (Lipinski definition) is 3. The maximum atomic E-state index is 4.37. The van der Waals surface area contributed by atoms with E-state index in [9.17, 15) is 0 Å². The van der Waals surface area contributed by atoms with Crippen LogP contribution in [0.4, 0.5) is 5.82 Å². The summed E-state index contributed by atoms with van der Waals surface area (Å²) in [5.74, 6) is 0.849. The van der Waals surface area contributed by atoms with Gasteiger partial charge in [0.1, 0.15) is 12.1 Å².